The molecule has 7 heteroatoms. The van der Waals surface area contributed by atoms with Crippen LogP contribution in [0.15, 0.2) is 59.3 Å². The lowest BCUT2D eigenvalue weighted by Crippen LogP contribution is -2.12. The van der Waals surface area contributed by atoms with E-state index in [1.54, 1.807) is 10.9 Å². The number of nitrogens with zero attached hydrogens (tertiary/aromatic N) is 4. The van der Waals surface area contributed by atoms with Crippen molar-refractivity contribution in [2.75, 3.05) is 5.32 Å². The number of benzene rings is 2. The smallest absolute Gasteiger partial charge is 0.259 e. The second-order valence-corrected chi connectivity index (χ2v) is 8.21. The zero-order valence-corrected chi connectivity index (χ0v) is 18.2. The van der Waals surface area contributed by atoms with Crippen LogP contribution in [0.2, 0.25) is 0 Å². The van der Waals surface area contributed by atoms with Gasteiger partial charge in [0.25, 0.3) is 5.91 Å². The summed E-state index contributed by atoms with van der Waals surface area (Å²) in [5, 5.41) is 11.6. The molecule has 0 saturated heterocycles. The normalized spacial score (nSPS) is 13.7. The summed E-state index contributed by atoms with van der Waals surface area (Å²) >= 11 is 0. The fourth-order valence-corrected chi connectivity index (χ4v) is 3.82. The van der Waals surface area contributed by atoms with E-state index in [2.05, 4.69) is 27.5 Å². The molecule has 0 spiro atoms. The van der Waals surface area contributed by atoms with Crippen molar-refractivity contribution < 1.29 is 9.32 Å². The van der Waals surface area contributed by atoms with Gasteiger partial charge in [-0.25, -0.2) is 4.68 Å². The third-order valence-corrected chi connectivity index (χ3v) is 6.02. The Morgan fingerprint density at radius 1 is 1.19 bits per heavy atom. The van der Waals surface area contributed by atoms with E-state index in [4.69, 9.17) is 4.52 Å². The molecule has 5 rings (SSSR count). The molecular formula is C25H25N5O2. The molecule has 1 aliphatic rings. The van der Waals surface area contributed by atoms with Crippen molar-refractivity contribution in [1.82, 2.24) is 19.9 Å². The van der Waals surface area contributed by atoms with Crippen LogP contribution in [0.25, 0.3) is 17.1 Å². The van der Waals surface area contributed by atoms with Gasteiger partial charge in [-0.05, 0) is 68.1 Å². The predicted octanol–water partition coefficient (Wildman–Crippen LogP) is 5.31. The van der Waals surface area contributed by atoms with Crippen molar-refractivity contribution in [1.29, 1.82) is 0 Å². The summed E-state index contributed by atoms with van der Waals surface area (Å²) in [6.45, 7) is 3.93. The molecule has 1 saturated carbocycles. The van der Waals surface area contributed by atoms with Gasteiger partial charge in [-0.3, -0.25) is 4.79 Å². The fraction of sp³-hybridized carbons (Fsp3) is 0.280. The summed E-state index contributed by atoms with van der Waals surface area (Å²) in [6, 6.07) is 15.6. The maximum atomic E-state index is 12.8. The quantitative estimate of drug-likeness (QED) is 0.450. The van der Waals surface area contributed by atoms with Gasteiger partial charge in [-0.2, -0.15) is 10.1 Å². The minimum atomic E-state index is -0.172. The summed E-state index contributed by atoms with van der Waals surface area (Å²) < 4.78 is 7.14. The van der Waals surface area contributed by atoms with Crippen LogP contribution in [0.1, 0.15) is 59.6 Å². The number of carbonyl (C=O) groups is 1. The van der Waals surface area contributed by atoms with E-state index in [-0.39, 0.29) is 5.91 Å². The standard InChI is InChI=1S/C25H25N5O2/c1-3-17-6-4-9-20(14-17)26-24(31)22-15-30(28-16(22)2)21-12-10-18(11-13-21)23-27-25(32-29-23)19-7-5-8-19/h4,6,9-15,19H,3,5,7-8H2,1-2H3,(H,26,31). The van der Waals surface area contributed by atoms with Crippen LogP contribution in [0.5, 0.6) is 0 Å². The number of aryl methyl sites for hydroxylation is 2. The number of aromatic nitrogens is 4. The molecule has 1 N–H and O–H groups in total. The van der Waals surface area contributed by atoms with Crippen LogP contribution in [0.4, 0.5) is 5.69 Å². The maximum absolute atomic E-state index is 12.8. The largest absolute Gasteiger partial charge is 0.339 e. The summed E-state index contributed by atoms with van der Waals surface area (Å²) in [5.74, 6) is 1.58. The number of rotatable bonds is 6. The predicted molar refractivity (Wildman–Crippen MR) is 122 cm³/mol. The van der Waals surface area contributed by atoms with Crippen LogP contribution in [0, 0.1) is 6.92 Å². The van der Waals surface area contributed by atoms with Gasteiger partial charge in [0, 0.05) is 23.4 Å². The Morgan fingerprint density at radius 3 is 2.72 bits per heavy atom. The van der Waals surface area contributed by atoms with E-state index in [1.165, 1.54) is 12.0 Å². The van der Waals surface area contributed by atoms with Crippen molar-refractivity contribution >= 4 is 11.6 Å². The highest BCUT2D eigenvalue weighted by Crippen LogP contribution is 2.36. The lowest BCUT2D eigenvalue weighted by molar-refractivity contribution is 0.102. The van der Waals surface area contributed by atoms with Gasteiger partial charge >= 0.3 is 0 Å². The molecule has 0 radical (unpaired) electrons. The zero-order valence-electron chi connectivity index (χ0n) is 18.2. The lowest BCUT2D eigenvalue weighted by Gasteiger charge is -2.20. The molecule has 1 aliphatic carbocycles. The molecule has 4 aromatic rings. The Hall–Kier alpha value is -3.74. The first kappa shape index (κ1) is 20.2. The van der Waals surface area contributed by atoms with Crippen LogP contribution in [-0.2, 0) is 6.42 Å². The minimum Gasteiger partial charge on any atom is -0.339 e. The highest BCUT2D eigenvalue weighted by molar-refractivity contribution is 6.05. The molecule has 0 atom stereocenters. The molecule has 2 aromatic heterocycles. The number of carbonyl (C=O) groups excluding carboxylic acids is 1. The monoisotopic (exact) mass is 427 g/mol. The average Bonchev–Trinajstić information content (AvgIpc) is 3.40. The van der Waals surface area contributed by atoms with Crippen molar-refractivity contribution in [2.24, 2.45) is 0 Å². The second kappa shape index (κ2) is 8.42. The summed E-state index contributed by atoms with van der Waals surface area (Å²) in [4.78, 5) is 17.4. The van der Waals surface area contributed by atoms with Gasteiger partial charge in [-0.1, -0.05) is 30.6 Å². The molecule has 2 heterocycles. The van der Waals surface area contributed by atoms with Gasteiger partial charge in [0.2, 0.25) is 11.7 Å². The number of nitrogens with one attached hydrogen (secondary N) is 1. The maximum Gasteiger partial charge on any atom is 0.259 e. The average molecular weight is 428 g/mol. The van der Waals surface area contributed by atoms with Crippen LogP contribution < -0.4 is 5.32 Å². The molecule has 162 valence electrons. The fourth-order valence-electron chi connectivity index (χ4n) is 3.82. The third-order valence-electron chi connectivity index (χ3n) is 6.02. The molecule has 0 aliphatic heterocycles. The highest BCUT2D eigenvalue weighted by atomic mass is 16.5. The lowest BCUT2D eigenvalue weighted by atomic mass is 9.85. The Balaban J connectivity index is 1.32. The topological polar surface area (TPSA) is 85.8 Å². The first-order chi connectivity index (χ1) is 15.6. The molecular weight excluding hydrogens is 402 g/mol. The second-order valence-electron chi connectivity index (χ2n) is 8.21. The summed E-state index contributed by atoms with van der Waals surface area (Å²) in [7, 11) is 0. The van der Waals surface area contributed by atoms with Crippen molar-refractivity contribution in [2.45, 2.75) is 45.4 Å². The van der Waals surface area contributed by atoms with E-state index in [9.17, 15) is 4.79 Å². The minimum absolute atomic E-state index is 0.172. The van der Waals surface area contributed by atoms with Crippen LogP contribution in [0.3, 0.4) is 0 Å². The van der Waals surface area contributed by atoms with Gasteiger partial charge in [0.15, 0.2) is 0 Å². The molecule has 32 heavy (non-hydrogen) atoms. The van der Waals surface area contributed by atoms with E-state index in [1.807, 2.05) is 55.5 Å². The highest BCUT2D eigenvalue weighted by Gasteiger charge is 2.25. The molecule has 0 bridgehead atoms. The van der Waals surface area contributed by atoms with E-state index in [0.717, 1.165) is 42.1 Å². The van der Waals surface area contributed by atoms with E-state index >= 15 is 0 Å². The molecule has 2 aromatic carbocycles. The third kappa shape index (κ3) is 3.93. The molecule has 1 amide bonds. The molecule has 0 unspecified atom stereocenters. The summed E-state index contributed by atoms with van der Waals surface area (Å²) in [6.07, 6.45) is 6.15. The van der Waals surface area contributed by atoms with E-state index in [0.29, 0.717) is 23.0 Å². The molecule has 7 nitrogen and oxygen atoms in total. The zero-order chi connectivity index (χ0) is 22.1. The van der Waals surface area contributed by atoms with Crippen molar-refractivity contribution in [3.05, 3.63) is 77.4 Å². The number of hydrogen-bond acceptors (Lipinski definition) is 5. The van der Waals surface area contributed by atoms with Gasteiger partial charge in [0.05, 0.1) is 16.9 Å². The van der Waals surface area contributed by atoms with Crippen LogP contribution >= 0.6 is 0 Å². The van der Waals surface area contributed by atoms with Gasteiger partial charge in [-0.15, -0.1) is 0 Å². The first-order valence-electron chi connectivity index (χ1n) is 11.0. The van der Waals surface area contributed by atoms with Gasteiger partial charge in [0.1, 0.15) is 0 Å². The van der Waals surface area contributed by atoms with Crippen molar-refractivity contribution in [3.63, 3.8) is 0 Å². The first-order valence-corrected chi connectivity index (χ1v) is 11.0. The Labute approximate surface area is 186 Å². The molecule has 1 fully saturated rings. The Bertz CT molecular complexity index is 1250. The Morgan fingerprint density at radius 2 is 2.00 bits per heavy atom. The van der Waals surface area contributed by atoms with E-state index < -0.39 is 0 Å². The number of hydrogen-bond donors (Lipinski definition) is 1. The van der Waals surface area contributed by atoms with Crippen molar-refractivity contribution in [3.8, 4) is 17.1 Å². The van der Waals surface area contributed by atoms with Gasteiger partial charge < -0.3 is 9.84 Å². The number of anilines is 1. The SMILES string of the molecule is CCc1cccc(NC(=O)c2cn(-c3ccc(-c4noc(C5CCC5)n4)cc3)nc2C)c1. The van der Waals surface area contributed by atoms with Crippen LogP contribution in [-0.4, -0.2) is 25.8 Å². The Kier molecular flexibility index (Phi) is 5.31. The number of amides is 1. The summed E-state index contributed by atoms with van der Waals surface area (Å²) in [5.41, 5.74) is 4.91.